The van der Waals surface area contributed by atoms with Crippen molar-refractivity contribution in [3.63, 3.8) is 0 Å². The maximum atomic E-state index is 12.4. The van der Waals surface area contributed by atoms with Crippen molar-refractivity contribution in [2.75, 3.05) is 40.1 Å². The van der Waals surface area contributed by atoms with Gasteiger partial charge in [-0.1, -0.05) is 78.1 Å². The molecule has 0 heterocycles. The Morgan fingerprint density at radius 1 is 0.647 bits per heavy atom. The van der Waals surface area contributed by atoms with Gasteiger partial charge in [-0.05, 0) is 19.8 Å². The predicted molar refractivity (Wildman–Crippen MR) is 138 cm³/mol. The van der Waals surface area contributed by atoms with Crippen molar-refractivity contribution >= 4 is 11.8 Å². The molecule has 34 heavy (non-hydrogen) atoms. The summed E-state index contributed by atoms with van der Waals surface area (Å²) in [5.74, 6) is 0.110. The molecular weight excluding hydrogens is 432 g/mol. The highest BCUT2D eigenvalue weighted by Crippen LogP contribution is 2.13. The summed E-state index contributed by atoms with van der Waals surface area (Å²) in [5, 5.41) is 0. The van der Waals surface area contributed by atoms with Gasteiger partial charge in [0.15, 0.2) is 0 Å². The van der Waals surface area contributed by atoms with Crippen LogP contribution in [0.2, 0.25) is 0 Å². The van der Waals surface area contributed by atoms with Gasteiger partial charge in [0.1, 0.15) is 11.9 Å². The Bertz CT molecular complexity index is 468. The van der Waals surface area contributed by atoms with E-state index in [2.05, 4.69) is 13.8 Å². The zero-order valence-electron chi connectivity index (χ0n) is 22.7. The molecule has 2 atom stereocenters. The van der Waals surface area contributed by atoms with Crippen molar-refractivity contribution in [1.29, 1.82) is 0 Å². The number of carbonyl (C=O) groups is 2. The molecule has 6 heteroatoms. The molecule has 2 unspecified atom stereocenters. The van der Waals surface area contributed by atoms with Crippen molar-refractivity contribution < 1.29 is 28.5 Å². The van der Waals surface area contributed by atoms with Gasteiger partial charge in [-0.3, -0.25) is 9.59 Å². The van der Waals surface area contributed by atoms with Crippen LogP contribution < -0.4 is 0 Å². The fourth-order valence-electron chi connectivity index (χ4n) is 3.94. The third-order valence-electron chi connectivity index (χ3n) is 5.93. The van der Waals surface area contributed by atoms with Gasteiger partial charge in [-0.2, -0.15) is 0 Å². The van der Waals surface area contributed by atoms with Crippen molar-refractivity contribution in [2.45, 2.75) is 123 Å². The van der Waals surface area contributed by atoms with Gasteiger partial charge in [-0.25, -0.2) is 0 Å². The van der Waals surface area contributed by atoms with Crippen molar-refractivity contribution in [3.05, 3.63) is 0 Å². The Morgan fingerprint density at radius 3 is 1.79 bits per heavy atom. The Morgan fingerprint density at radius 2 is 1.21 bits per heavy atom. The van der Waals surface area contributed by atoms with E-state index in [0.29, 0.717) is 45.7 Å². The van der Waals surface area contributed by atoms with Crippen LogP contribution in [0.25, 0.3) is 0 Å². The van der Waals surface area contributed by atoms with Crippen molar-refractivity contribution in [1.82, 2.24) is 0 Å². The largest absolute Gasteiger partial charge is 0.457 e. The summed E-state index contributed by atoms with van der Waals surface area (Å²) < 4.78 is 22.2. The smallest absolute Gasteiger partial charge is 0.306 e. The summed E-state index contributed by atoms with van der Waals surface area (Å²) in [6, 6.07) is 0. The summed E-state index contributed by atoms with van der Waals surface area (Å²) in [5.41, 5.74) is 0. The zero-order chi connectivity index (χ0) is 25.3. The normalized spacial score (nSPS) is 13.1. The molecule has 0 N–H and O–H groups in total. The lowest BCUT2D eigenvalue weighted by atomic mass is 10.00. The van der Waals surface area contributed by atoms with E-state index in [-0.39, 0.29) is 24.3 Å². The molecule has 0 aliphatic heterocycles. The molecule has 0 fully saturated rings. The number of Topliss-reactive ketones (excluding diaryl/α,β-unsaturated/α-hetero) is 1. The van der Waals surface area contributed by atoms with E-state index in [4.69, 9.17) is 18.9 Å². The molecular formula is C28H54O6. The van der Waals surface area contributed by atoms with E-state index in [0.717, 1.165) is 25.7 Å². The number of unbranched alkanes of at least 4 members (excludes halogenated alkanes) is 10. The number of rotatable bonds is 26. The summed E-state index contributed by atoms with van der Waals surface area (Å²) in [7, 11) is 1.59. The van der Waals surface area contributed by atoms with Gasteiger partial charge in [0.2, 0.25) is 0 Å². The van der Waals surface area contributed by atoms with E-state index >= 15 is 0 Å². The minimum Gasteiger partial charge on any atom is -0.457 e. The topological polar surface area (TPSA) is 71.1 Å². The third-order valence-corrected chi connectivity index (χ3v) is 5.93. The minimum absolute atomic E-state index is 0.0227. The second-order valence-corrected chi connectivity index (χ2v) is 9.41. The number of ether oxygens (including phenoxy) is 4. The maximum absolute atomic E-state index is 12.4. The minimum atomic E-state index is -0.427. The highest BCUT2D eigenvalue weighted by atomic mass is 16.6. The number of ketones is 1. The maximum Gasteiger partial charge on any atom is 0.306 e. The predicted octanol–water partition coefficient (Wildman–Crippen LogP) is 6.67. The van der Waals surface area contributed by atoms with E-state index in [1.807, 2.05) is 6.92 Å². The number of methoxy groups -OCH3 is 1. The monoisotopic (exact) mass is 486 g/mol. The van der Waals surface area contributed by atoms with Gasteiger partial charge in [0.25, 0.3) is 0 Å². The lowest BCUT2D eigenvalue weighted by Gasteiger charge is -2.20. The molecule has 0 bridgehead atoms. The van der Waals surface area contributed by atoms with Gasteiger partial charge >= 0.3 is 5.97 Å². The van der Waals surface area contributed by atoms with Crippen LogP contribution in [0.15, 0.2) is 0 Å². The molecule has 0 amide bonds. The molecule has 0 rings (SSSR count). The van der Waals surface area contributed by atoms with Crippen molar-refractivity contribution in [3.8, 4) is 0 Å². The lowest BCUT2D eigenvalue weighted by Crippen LogP contribution is -2.30. The molecule has 6 nitrogen and oxygen atoms in total. The third kappa shape index (κ3) is 21.5. The van der Waals surface area contributed by atoms with Crippen LogP contribution in [-0.4, -0.2) is 58.0 Å². The van der Waals surface area contributed by atoms with Crippen LogP contribution in [0.1, 0.15) is 117 Å². The van der Waals surface area contributed by atoms with Crippen molar-refractivity contribution in [2.24, 2.45) is 5.92 Å². The van der Waals surface area contributed by atoms with Crippen LogP contribution in [-0.2, 0) is 28.5 Å². The van der Waals surface area contributed by atoms with E-state index in [9.17, 15) is 9.59 Å². The molecule has 0 aromatic heterocycles. The van der Waals surface area contributed by atoms with Gasteiger partial charge in [-0.15, -0.1) is 0 Å². The molecule has 0 aliphatic rings. The van der Waals surface area contributed by atoms with Gasteiger partial charge in [0, 0.05) is 38.9 Å². The number of hydrogen-bond donors (Lipinski definition) is 0. The number of carbonyl (C=O) groups excluding carboxylic acids is 2. The second kappa shape index (κ2) is 25.1. The summed E-state index contributed by atoms with van der Waals surface area (Å²) in [6.45, 7) is 8.46. The summed E-state index contributed by atoms with van der Waals surface area (Å²) in [4.78, 5) is 24.6. The standard InChI is InChI=1S/C28H54O6/c1-5-8-10-12-14-16-18-26(29)20-25(21-32-7-3)22-33-24-27(23-31-4)34-28(30)19-17-15-13-11-9-6-2/h25,27H,5-24H2,1-4H3. The molecule has 202 valence electrons. The Balaban J connectivity index is 4.26. The molecule has 0 aromatic rings. The van der Waals surface area contributed by atoms with Gasteiger partial charge < -0.3 is 18.9 Å². The second-order valence-electron chi connectivity index (χ2n) is 9.41. The average molecular weight is 487 g/mol. The summed E-state index contributed by atoms with van der Waals surface area (Å²) in [6.07, 6.45) is 15.0. The van der Waals surface area contributed by atoms with Crippen LogP contribution in [0, 0.1) is 5.92 Å². The van der Waals surface area contributed by atoms with Crippen LogP contribution in [0.5, 0.6) is 0 Å². The first-order valence-corrected chi connectivity index (χ1v) is 13.9. The fourth-order valence-corrected chi connectivity index (χ4v) is 3.94. The van der Waals surface area contributed by atoms with Crippen LogP contribution >= 0.6 is 0 Å². The average Bonchev–Trinajstić information content (AvgIpc) is 2.82. The first kappa shape index (κ1) is 33.0. The van der Waals surface area contributed by atoms with E-state index in [1.54, 1.807) is 7.11 Å². The quantitative estimate of drug-likeness (QED) is 0.100. The highest BCUT2D eigenvalue weighted by Gasteiger charge is 2.18. The Hall–Kier alpha value is -0.980. The van der Waals surface area contributed by atoms with Crippen LogP contribution in [0.4, 0.5) is 0 Å². The molecule has 0 aromatic carbocycles. The molecule has 0 radical (unpaired) electrons. The van der Waals surface area contributed by atoms with E-state index in [1.165, 1.54) is 51.4 Å². The van der Waals surface area contributed by atoms with E-state index < -0.39 is 6.10 Å². The molecule has 0 spiro atoms. The Kier molecular flexibility index (Phi) is 24.4. The van der Waals surface area contributed by atoms with Crippen LogP contribution in [0.3, 0.4) is 0 Å². The number of esters is 1. The number of hydrogen-bond acceptors (Lipinski definition) is 6. The first-order valence-electron chi connectivity index (χ1n) is 13.9. The fraction of sp³-hybridized carbons (Fsp3) is 0.929. The summed E-state index contributed by atoms with van der Waals surface area (Å²) >= 11 is 0. The molecule has 0 saturated heterocycles. The molecule has 0 aliphatic carbocycles. The van der Waals surface area contributed by atoms with Gasteiger partial charge in [0.05, 0.1) is 26.4 Å². The lowest BCUT2D eigenvalue weighted by molar-refractivity contribution is -0.156. The SMILES string of the molecule is CCCCCCCCC(=O)CC(COCC)COCC(COC)OC(=O)CCCCCCCC. The Labute approximate surface area is 209 Å². The first-order chi connectivity index (χ1) is 16.6. The molecule has 0 saturated carbocycles. The zero-order valence-corrected chi connectivity index (χ0v) is 22.7. The highest BCUT2D eigenvalue weighted by molar-refractivity contribution is 5.78.